The third-order valence-electron chi connectivity index (χ3n) is 6.39. The summed E-state index contributed by atoms with van der Waals surface area (Å²) in [7, 11) is 0. The fourth-order valence-electron chi connectivity index (χ4n) is 4.49. The minimum atomic E-state index is -0.317. The van der Waals surface area contributed by atoms with Crippen molar-refractivity contribution in [2.45, 2.75) is 44.2 Å². The molecule has 1 aromatic carbocycles. The highest BCUT2D eigenvalue weighted by Crippen LogP contribution is 2.43. The van der Waals surface area contributed by atoms with Crippen LogP contribution >= 0.6 is 0 Å². The smallest absolute Gasteiger partial charge is 0.239 e. The van der Waals surface area contributed by atoms with Crippen molar-refractivity contribution in [1.82, 2.24) is 19.5 Å². The number of rotatable bonds is 4. The predicted molar refractivity (Wildman–Crippen MR) is 117 cm³/mol. The van der Waals surface area contributed by atoms with Gasteiger partial charge in [0.15, 0.2) is 11.6 Å². The number of imidazole rings is 1. The second-order valence-corrected chi connectivity index (χ2v) is 8.38. The molecule has 2 aromatic heterocycles. The van der Waals surface area contributed by atoms with Gasteiger partial charge in [-0.2, -0.15) is 9.97 Å². The van der Waals surface area contributed by atoms with Crippen LogP contribution in [-0.2, 0) is 4.74 Å². The highest BCUT2D eigenvalue weighted by Gasteiger charge is 2.35. The molecular weight excluding hydrogens is 397 g/mol. The molecule has 0 amide bonds. The van der Waals surface area contributed by atoms with Crippen molar-refractivity contribution in [1.29, 1.82) is 0 Å². The van der Waals surface area contributed by atoms with Gasteiger partial charge < -0.3 is 20.3 Å². The van der Waals surface area contributed by atoms with Gasteiger partial charge in [-0.05, 0) is 44.2 Å². The van der Waals surface area contributed by atoms with Gasteiger partial charge in [0.2, 0.25) is 5.95 Å². The first-order valence-corrected chi connectivity index (χ1v) is 10.8. The van der Waals surface area contributed by atoms with E-state index in [9.17, 15) is 4.39 Å². The van der Waals surface area contributed by atoms with E-state index in [-0.39, 0.29) is 11.9 Å². The van der Waals surface area contributed by atoms with E-state index in [1.807, 2.05) is 0 Å². The van der Waals surface area contributed by atoms with Gasteiger partial charge in [0, 0.05) is 31.4 Å². The molecule has 9 heteroatoms. The SMILES string of the molecule is C=C1Nc2c(NC3CCC3)nc(-n3cnc4ccc(F)cc43)nc2N1C1CCOCC1. The first-order valence-electron chi connectivity index (χ1n) is 10.8. The molecule has 160 valence electrons. The molecule has 1 saturated heterocycles. The lowest BCUT2D eigenvalue weighted by Crippen LogP contribution is -2.38. The summed E-state index contributed by atoms with van der Waals surface area (Å²) in [5, 5.41) is 6.97. The van der Waals surface area contributed by atoms with Crippen LogP contribution in [-0.4, -0.2) is 44.8 Å². The Hall–Kier alpha value is -3.20. The van der Waals surface area contributed by atoms with Crippen LogP contribution in [0.25, 0.3) is 17.0 Å². The van der Waals surface area contributed by atoms with Gasteiger partial charge >= 0.3 is 0 Å². The fraction of sp³-hybridized carbons (Fsp3) is 0.409. The summed E-state index contributed by atoms with van der Waals surface area (Å²) in [5.74, 6) is 2.48. The molecule has 2 N–H and O–H groups in total. The number of hydrogen-bond acceptors (Lipinski definition) is 7. The van der Waals surface area contributed by atoms with Crippen molar-refractivity contribution in [3.8, 4) is 5.95 Å². The molecule has 6 rings (SSSR count). The lowest BCUT2D eigenvalue weighted by atomic mass is 9.93. The molecule has 1 aliphatic carbocycles. The third kappa shape index (κ3) is 3.11. The Labute approximate surface area is 179 Å². The number of aromatic nitrogens is 4. The number of halogens is 1. The molecule has 0 unspecified atom stereocenters. The van der Waals surface area contributed by atoms with Crippen LogP contribution in [0.15, 0.2) is 36.9 Å². The number of nitrogens with one attached hydrogen (secondary N) is 2. The second kappa shape index (κ2) is 7.19. The van der Waals surface area contributed by atoms with Crippen molar-refractivity contribution in [3.05, 3.63) is 42.7 Å². The quantitative estimate of drug-likeness (QED) is 0.663. The Balaban J connectivity index is 1.49. The topological polar surface area (TPSA) is 80.1 Å². The molecule has 0 atom stereocenters. The van der Waals surface area contributed by atoms with E-state index in [1.165, 1.54) is 18.6 Å². The standard InChI is InChI=1S/C22H24FN7O/c1-13-25-19-20(26-15-3-2-4-15)27-22(28-21(19)30(13)16-7-9-31-10-8-16)29-12-24-17-6-5-14(23)11-18(17)29/h5-6,11-12,15-16,25H,1-4,7-10H2,(H,26,27,28). The molecule has 4 heterocycles. The first-order chi connectivity index (χ1) is 15.2. The van der Waals surface area contributed by atoms with Gasteiger partial charge in [0.05, 0.1) is 11.0 Å². The molecule has 1 saturated carbocycles. The largest absolute Gasteiger partial charge is 0.381 e. The van der Waals surface area contributed by atoms with Gasteiger partial charge in [-0.25, -0.2) is 9.37 Å². The van der Waals surface area contributed by atoms with E-state index in [0.717, 1.165) is 62.0 Å². The Kier molecular flexibility index (Phi) is 4.31. The summed E-state index contributed by atoms with van der Waals surface area (Å²) in [6.45, 7) is 5.69. The zero-order valence-corrected chi connectivity index (χ0v) is 17.1. The van der Waals surface area contributed by atoms with E-state index >= 15 is 0 Å². The van der Waals surface area contributed by atoms with E-state index in [2.05, 4.69) is 27.1 Å². The zero-order chi connectivity index (χ0) is 20.9. The zero-order valence-electron chi connectivity index (χ0n) is 17.1. The summed E-state index contributed by atoms with van der Waals surface area (Å²) in [6.07, 6.45) is 6.93. The van der Waals surface area contributed by atoms with E-state index in [1.54, 1.807) is 17.0 Å². The van der Waals surface area contributed by atoms with E-state index in [0.29, 0.717) is 23.0 Å². The number of ether oxygens (including phenoxy) is 1. The minimum Gasteiger partial charge on any atom is -0.381 e. The fourth-order valence-corrected chi connectivity index (χ4v) is 4.49. The number of nitrogens with zero attached hydrogens (tertiary/aromatic N) is 5. The Morgan fingerprint density at radius 2 is 2.00 bits per heavy atom. The Morgan fingerprint density at radius 1 is 1.16 bits per heavy atom. The van der Waals surface area contributed by atoms with Crippen molar-refractivity contribution >= 4 is 28.4 Å². The van der Waals surface area contributed by atoms with Crippen LogP contribution in [0.4, 0.5) is 21.7 Å². The minimum absolute atomic E-state index is 0.256. The van der Waals surface area contributed by atoms with E-state index in [4.69, 9.17) is 14.7 Å². The molecular formula is C22H24FN7O. The summed E-state index contributed by atoms with van der Waals surface area (Å²) < 4.78 is 21.3. The Morgan fingerprint density at radius 3 is 2.77 bits per heavy atom. The van der Waals surface area contributed by atoms with Crippen molar-refractivity contribution in [3.63, 3.8) is 0 Å². The van der Waals surface area contributed by atoms with Gasteiger partial charge in [0.25, 0.3) is 0 Å². The number of fused-ring (bicyclic) bond motifs is 2. The van der Waals surface area contributed by atoms with Crippen LogP contribution < -0.4 is 15.5 Å². The molecule has 0 bridgehead atoms. The number of anilines is 3. The molecule has 2 fully saturated rings. The predicted octanol–water partition coefficient (Wildman–Crippen LogP) is 3.80. The summed E-state index contributed by atoms with van der Waals surface area (Å²) in [6, 6.07) is 5.20. The molecule has 8 nitrogen and oxygen atoms in total. The van der Waals surface area contributed by atoms with Crippen LogP contribution in [0.3, 0.4) is 0 Å². The monoisotopic (exact) mass is 421 g/mol. The van der Waals surface area contributed by atoms with E-state index < -0.39 is 0 Å². The molecule has 2 aliphatic heterocycles. The lowest BCUT2D eigenvalue weighted by Gasteiger charge is -2.32. The summed E-state index contributed by atoms with van der Waals surface area (Å²) in [5.41, 5.74) is 2.18. The molecule has 31 heavy (non-hydrogen) atoms. The average molecular weight is 421 g/mol. The van der Waals surface area contributed by atoms with Gasteiger partial charge in [0.1, 0.15) is 23.7 Å². The van der Waals surface area contributed by atoms with Crippen molar-refractivity contribution in [2.75, 3.05) is 28.7 Å². The molecule has 3 aliphatic rings. The summed E-state index contributed by atoms with van der Waals surface area (Å²) >= 11 is 0. The number of hydrogen-bond donors (Lipinski definition) is 2. The summed E-state index contributed by atoms with van der Waals surface area (Å²) in [4.78, 5) is 16.3. The van der Waals surface area contributed by atoms with Crippen LogP contribution in [0, 0.1) is 5.82 Å². The van der Waals surface area contributed by atoms with Crippen LogP contribution in [0.2, 0.25) is 0 Å². The Bertz CT molecular complexity index is 1170. The first kappa shape index (κ1) is 18.6. The highest BCUT2D eigenvalue weighted by atomic mass is 19.1. The van der Waals surface area contributed by atoms with Crippen molar-refractivity contribution < 1.29 is 9.13 Å². The normalized spacial score (nSPS) is 19.4. The van der Waals surface area contributed by atoms with Gasteiger partial charge in [-0.15, -0.1) is 0 Å². The van der Waals surface area contributed by atoms with Gasteiger partial charge in [-0.3, -0.25) is 4.57 Å². The highest BCUT2D eigenvalue weighted by molar-refractivity contribution is 5.87. The average Bonchev–Trinajstić information content (AvgIpc) is 3.31. The molecule has 0 spiro atoms. The lowest BCUT2D eigenvalue weighted by molar-refractivity contribution is 0.0859. The maximum absolute atomic E-state index is 14.0. The third-order valence-corrected chi connectivity index (χ3v) is 6.39. The maximum Gasteiger partial charge on any atom is 0.239 e. The van der Waals surface area contributed by atoms with Crippen molar-refractivity contribution in [2.24, 2.45) is 0 Å². The number of benzene rings is 1. The molecule has 3 aromatic rings. The second-order valence-electron chi connectivity index (χ2n) is 8.38. The van der Waals surface area contributed by atoms with Gasteiger partial charge in [-0.1, -0.05) is 6.58 Å². The van der Waals surface area contributed by atoms with Crippen LogP contribution in [0.1, 0.15) is 32.1 Å². The maximum atomic E-state index is 14.0. The molecule has 0 radical (unpaired) electrons. The van der Waals surface area contributed by atoms with Crippen LogP contribution in [0.5, 0.6) is 0 Å².